The second kappa shape index (κ2) is 6.58. The molecule has 1 aromatic carbocycles. The minimum absolute atomic E-state index is 0.0000332. The van der Waals surface area contributed by atoms with E-state index < -0.39 is 5.97 Å². The molecule has 0 aliphatic rings. The quantitative estimate of drug-likeness (QED) is 0.687. The maximum atomic E-state index is 11.3. The molecule has 23 heavy (non-hydrogen) atoms. The second-order valence-corrected chi connectivity index (χ2v) is 5.45. The molecule has 0 saturated heterocycles. The van der Waals surface area contributed by atoms with Crippen molar-refractivity contribution in [2.45, 2.75) is 20.1 Å². The van der Waals surface area contributed by atoms with Crippen molar-refractivity contribution in [3.05, 3.63) is 60.0 Å². The van der Waals surface area contributed by atoms with E-state index in [0.29, 0.717) is 12.1 Å². The smallest absolute Gasteiger partial charge is 0.173 e. The number of carbonyl (C=O) groups is 1. The zero-order valence-electron chi connectivity index (χ0n) is 12.9. The lowest BCUT2D eigenvalue weighted by molar-refractivity contribution is -0.935. The fourth-order valence-electron chi connectivity index (χ4n) is 2.69. The summed E-state index contributed by atoms with van der Waals surface area (Å²) >= 11 is 0. The maximum Gasteiger partial charge on any atom is 0.173 e. The highest BCUT2D eigenvalue weighted by atomic mass is 16.4. The van der Waals surface area contributed by atoms with Crippen molar-refractivity contribution in [1.82, 2.24) is 14.8 Å². The standard InChI is InChI=1S/C17H18N4O2/c1-2-20(11-13-7-9-18-10-8-13)12-21-15-6-4-3-5-14(15)16(19-21)17(22)23/h3-10H,2,11-12H2,1H3,(H,22,23). The number of aromatic carboxylic acids is 1. The predicted octanol–water partition coefficient (Wildman–Crippen LogP) is -0.143. The summed E-state index contributed by atoms with van der Waals surface area (Å²) in [6.45, 7) is 4.42. The number of nitrogens with one attached hydrogen (secondary N) is 1. The van der Waals surface area contributed by atoms with Crippen molar-refractivity contribution in [3.63, 3.8) is 0 Å². The first kappa shape index (κ1) is 15.2. The van der Waals surface area contributed by atoms with Crippen LogP contribution in [0.2, 0.25) is 0 Å². The number of carboxylic acid groups (broad SMARTS) is 1. The Morgan fingerprint density at radius 2 is 1.96 bits per heavy atom. The van der Waals surface area contributed by atoms with Crippen molar-refractivity contribution < 1.29 is 14.8 Å². The van der Waals surface area contributed by atoms with E-state index in [9.17, 15) is 9.90 Å². The first-order chi connectivity index (χ1) is 11.2. The third kappa shape index (κ3) is 3.22. The number of aromatic nitrogens is 3. The van der Waals surface area contributed by atoms with E-state index in [-0.39, 0.29) is 5.69 Å². The first-order valence-corrected chi connectivity index (χ1v) is 7.58. The molecule has 1 atom stereocenters. The average molecular weight is 310 g/mol. The van der Waals surface area contributed by atoms with E-state index in [1.54, 1.807) is 23.1 Å². The molecule has 0 radical (unpaired) electrons. The van der Waals surface area contributed by atoms with Crippen molar-refractivity contribution in [2.75, 3.05) is 6.54 Å². The Kier molecular flexibility index (Phi) is 4.34. The van der Waals surface area contributed by atoms with Crippen LogP contribution in [0.25, 0.3) is 10.9 Å². The highest BCUT2D eigenvalue weighted by Crippen LogP contribution is 2.17. The summed E-state index contributed by atoms with van der Waals surface area (Å²) in [4.78, 5) is 16.6. The van der Waals surface area contributed by atoms with E-state index in [1.807, 2.05) is 30.3 Å². The van der Waals surface area contributed by atoms with Gasteiger partial charge < -0.3 is 14.8 Å². The number of hydrogen-bond acceptors (Lipinski definition) is 4. The number of nitrogens with zero attached hydrogens (tertiary/aromatic N) is 3. The molecule has 6 heteroatoms. The van der Waals surface area contributed by atoms with Crippen molar-refractivity contribution in [2.24, 2.45) is 0 Å². The van der Waals surface area contributed by atoms with Crippen LogP contribution in [0, 0.1) is 0 Å². The summed E-state index contributed by atoms with van der Waals surface area (Å²) in [7, 11) is 0. The summed E-state index contributed by atoms with van der Waals surface area (Å²) < 4.78 is 1.75. The number of hydrogen-bond donors (Lipinski definition) is 1. The molecule has 0 saturated carbocycles. The van der Waals surface area contributed by atoms with Crippen LogP contribution in [0.1, 0.15) is 23.0 Å². The van der Waals surface area contributed by atoms with Crippen LogP contribution in [0.4, 0.5) is 0 Å². The van der Waals surface area contributed by atoms with Crippen molar-refractivity contribution >= 4 is 16.9 Å². The van der Waals surface area contributed by atoms with Gasteiger partial charge in [0, 0.05) is 23.3 Å². The van der Waals surface area contributed by atoms with Gasteiger partial charge in [-0.05, 0) is 25.1 Å². The van der Waals surface area contributed by atoms with Gasteiger partial charge >= 0.3 is 0 Å². The fraction of sp³-hybridized carbons (Fsp3) is 0.235. The molecule has 0 amide bonds. The van der Waals surface area contributed by atoms with Gasteiger partial charge in [-0.2, -0.15) is 5.10 Å². The van der Waals surface area contributed by atoms with E-state index in [0.717, 1.165) is 18.6 Å². The monoisotopic (exact) mass is 310 g/mol. The number of pyridine rings is 1. The zero-order valence-corrected chi connectivity index (χ0v) is 12.9. The molecule has 3 rings (SSSR count). The molecule has 2 aromatic heterocycles. The fourth-order valence-corrected chi connectivity index (χ4v) is 2.69. The van der Waals surface area contributed by atoms with Gasteiger partial charge in [0.15, 0.2) is 6.67 Å². The summed E-state index contributed by atoms with van der Waals surface area (Å²) in [6, 6.07) is 11.3. The summed E-state index contributed by atoms with van der Waals surface area (Å²) in [5, 5.41) is 16.1. The topological polar surface area (TPSA) is 75.3 Å². The largest absolute Gasteiger partial charge is 0.543 e. The Balaban J connectivity index is 1.89. The highest BCUT2D eigenvalue weighted by Gasteiger charge is 2.15. The molecular weight excluding hydrogens is 292 g/mol. The van der Waals surface area contributed by atoms with E-state index in [2.05, 4.69) is 17.0 Å². The van der Waals surface area contributed by atoms with E-state index >= 15 is 0 Å². The number of benzene rings is 1. The van der Waals surface area contributed by atoms with Gasteiger partial charge in [-0.3, -0.25) is 4.98 Å². The van der Waals surface area contributed by atoms with Gasteiger partial charge in [-0.25, -0.2) is 4.68 Å². The van der Waals surface area contributed by atoms with Crippen LogP contribution in [0.5, 0.6) is 0 Å². The van der Waals surface area contributed by atoms with Crippen LogP contribution in [-0.4, -0.2) is 27.3 Å². The van der Waals surface area contributed by atoms with Crippen LogP contribution < -0.4 is 10.0 Å². The van der Waals surface area contributed by atoms with E-state index in [1.165, 1.54) is 10.5 Å². The molecule has 2 heterocycles. The minimum atomic E-state index is -1.24. The van der Waals surface area contributed by atoms with E-state index in [4.69, 9.17) is 0 Å². The number of fused-ring (bicyclic) bond motifs is 1. The zero-order chi connectivity index (χ0) is 16.2. The number of quaternary nitrogens is 1. The predicted molar refractivity (Wildman–Crippen MR) is 83.5 cm³/mol. The Morgan fingerprint density at radius 3 is 2.65 bits per heavy atom. The number of para-hydroxylation sites is 1. The molecule has 3 aromatic rings. The van der Waals surface area contributed by atoms with Crippen molar-refractivity contribution in [1.29, 1.82) is 0 Å². The lowest BCUT2D eigenvalue weighted by Gasteiger charge is -2.18. The van der Waals surface area contributed by atoms with Crippen molar-refractivity contribution in [3.8, 4) is 0 Å². The number of carboxylic acids is 1. The van der Waals surface area contributed by atoms with Crippen LogP contribution in [0.15, 0.2) is 48.8 Å². The Bertz CT molecular complexity index is 814. The van der Waals surface area contributed by atoms with Gasteiger partial charge in [0.05, 0.1) is 18.0 Å². The van der Waals surface area contributed by atoms with Crippen LogP contribution >= 0.6 is 0 Å². The average Bonchev–Trinajstić information content (AvgIpc) is 2.94. The molecular formula is C17H18N4O2. The minimum Gasteiger partial charge on any atom is -0.543 e. The molecule has 0 aliphatic carbocycles. The molecule has 0 bridgehead atoms. The van der Waals surface area contributed by atoms with Crippen LogP contribution in [-0.2, 0) is 13.2 Å². The second-order valence-electron chi connectivity index (χ2n) is 5.45. The molecule has 118 valence electrons. The number of rotatable bonds is 6. The molecule has 0 spiro atoms. The summed E-state index contributed by atoms with van der Waals surface area (Å²) in [6.07, 6.45) is 3.56. The molecule has 0 fully saturated rings. The summed E-state index contributed by atoms with van der Waals surface area (Å²) in [5.74, 6) is -1.24. The van der Waals surface area contributed by atoms with Gasteiger partial charge in [0.2, 0.25) is 0 Å². The van der Waals surface area contributed by atoms with Crippen LogP contribution in [0.3, 0.4) is 0 Å². The SMILES string of the molecule is CC[NH+](Cc1ccncc1)Cn1nc(C(=O)[O-])c2ccccc21. The molecule has 6 nitrogen and oxygen atoms in total. The Labute approximate surface area is 134 Å². The highest BCUT2D eigenvalue weighted by molar-refractivity contribution is 6.00. The molecule has 0 aliphatic heterocycles. The van der Waals surface area contributed by atoms with Gasteiger partial charge in [0.1, 0.15) is 12.2 Å². The lowest BCUT2D eigenvalue weighted by atomic mass is 10.2. The van der Waals surface area contributed by atoms with Gasteiger partial charge in [-0.15, -0.1) is 0 Å². The maximum absolute atomic E-state index is 11.3. The number of carbonyl (C=O) groups excluding carboxylic acids is 1. The Morgan fingerprint density at radius 1 is 1.22 bits per heavy atom. The third-order valence-corrected chi connectivity index (χ3v) is 3.93. The first-order valence-electron chi connectivity index (χ1n) is 7.58. The summed E-state index contributed by atoms with van der Waals surface area (Å²) in [5.41, 5.74) is 2.00. The van der Waals surface area contributed by atoms with Gasteiger partial charge in [-0.1, -0.05) is 18.2 Å². The lowest BCUT2D eigenvalue weighted by Crippen LogP contribution is -3.09. The molecule has 1 N–H and O–H groups in total. The molecule has 1 unspecified atom stereocenters. The van der Waals surface area contributed by atoms with Gasteiger partial charge in [0.25, 0.3) is 0 Å². The Hall–Kier alpha value is -2.73. The third-order valence-electron chi connectivity index (χ3n) is 3.93. The normalized spacial score (nSPS) is 12.4.